The van der Waals surface area contributed by atoms with Crippen LogP contribution in [-0.4, -0.2) is 18.7 Å². The second-order valence-corrected chi connectivity index (χ2v) is 4.16. The van der Waals surface area contributed by atoms with Crippen molar-refractivity contribution in [3.05, 3.63) is 29.6 Å². The number of unbranched alkanes of at least 4 members (excludes halogenated alkanes) is 1. The number of halogens is 1. The molecule has 0 aliphatic rings. The minimum absolute atomic E-state index is 0.267. The maximum Gasteiger partial charge on any atom is 0.146 e. The van der Waals surface area contributed by atoms with E-state index in [1.54, 1.807) is 19.1 Å². The fourth-order valence-electron chi connectivity index (χ4n) is 1.61. The first-order valence-corrected chi connectivity index (χ1v) is 5.75. The Kier molecular flexibility index (Phi) is 4.74. The monoisotopic (exact) mass is 225 g/mol. The highest BCUT2D eigenvalue weighted by atomic mass is 19.1. The second kappa shape index (κ2) is 5.85. The molecule has 0 fully saturated rings. The molecule has 0 heterocycles. The van der Waals surface area contributed by atoms with Crippen LogP contribution in [0, 0.1) is 5.82 Å². The molecule has 1 aromatic carbocycles. The zero-order chi connectivity index (χ0) is 12.1. The van der Waals surface area contributed by atoms with Gasteiger partial charge in [-0.1, -0.05) is 19.4 Å². The summed E-state index contributed by atoms with van der Waals surface area (Å²) in [5, 5.41) is 9.34. The molecule has 0 unspecified atom stereocenters. The fraction of sp³-hybridized carbons (Fsp3) is 0.538. The molecule has 90 valence electrons. The van der Waals surface area contributed by atoms with Crippen LogP contribution in [0.15, 0.2) is 18.2 Å². The molecule has 1 atom stereocenters. The Balaban J connectivity index is 2.81. The first-order chi connectivity index (χ1) is 7.56. The lowest BCUT2D eigenvalue weighted by Gasteiger charge is -2.20. The van der Waals surface area contributed by atoms with E-state index in [-0.39, 0.29) is 5.82 Å². The molecule has 1 rings (SSSR count). The summed E-state index contributed by atoms with van der Waals surface area (Å²) in [4.78, 5) is 1.91. The van der Waals surface area contributed by atoms with E-state index in [9.17, 15) is 9.50 Å². The number of nitrogens with zero attached hydrogens (tertiary/aromatic N) is 1. The van der Waals surface area contributed by atoms with Crippen LogP contribution in [0.1, 0.15) is 38.4 Å². The van der Waals surface area contributed by atoms with Gasteiger partial charge < -0.3 is 10.0 Å². The largest absolute Gasteiger partial charge is 0.389 e. The van der Waals surface area contributed by atoms with Gasteiger partial charge in [0, 0.05) is 13.6 Å². The van der Waals surface area contributed by atoms with Gasteiger partial charge in [0.2, 0.25) is 0 Å². The first kappa shape index (κ1) is 13.0. The molecule has 0 saturated heterocycles. The summed E-state index contributed by atoms with van der Waals surface area (Å²) >= 11 is 0. The van der Waals surface area contributed by atoms with Gasteiger partial charge in [0.25, 0.3) is 0 Å². The Bertz CT molecular complexity index is 339. The van der Waals surface area contributed by atoms with Gasteiger partial charge in [0.15, 0.2) is 0 Å². The fourth-order valence-corrected chi connectivity index (χ4v) is 1.61. The highest BCUT2D eigenvalue weighted by molar-refractivity contribution is 5.48. The van der Waals surface area contributed by atoms with Gasteiger partial charge in [-0.05, 0) is 31.0 Å². The average molecular weight is 225 g/mol. The zero-order valence-corrected chi connectivity index (χ0v) is 10.2. The molecule has 0 aliphatic carbocycles. The smallest absolute Gasteiger partial charge is 0.146 e. The van der Waals surface area contributed by atoms with E-state index in [0.29, 0.717) is 11.3 Å². The van der Waals surface area contributed by atoms with Crippen molar-refractivity contribution < 1.29 is 9.50 Å². The standard InChI is InChI=1S/C13H20FNO/c1-4-5-8-15(3)13-7-6-11(10(2)16)9-12(13)14/h6-7,9-10,16H,4-5,8H2,1-3H3/t10-/m1/s1. The Hall–Kier alpha value is -1.09. The van der Waals surface area contributed by atoms with Crippen molar-refractivity contribution >= 4 is 5.69 Å². The summed E-state index contributed by atoms with van der Waals surface area (Å²) in [6.45, 7) is 4.59. The summed E-state index contributed by atoms with van der Waals surface area (Å²) < 4.78 is 13.7. The van der Waals surface area contributed by atoms with Crippen LogP contribution in [0.25, 0.3) is 0 Å². The van der Waals surface area contributed by atoms with Crippen molar-refractivity contribution in [1.29, 1.82) is 0 Å². The SMILES string of the molecule is CCCCN(C)c1ccc([C@@H](C)O)cc1F. The van der Waals surface area contributed by atoms with Crippen molar-refractivity contribution in [2.75, 3.05) is 18.5 Å². The molecule has 0 bridgehead atoms. The molecule has 0 aliphatic heterocycles. The lowest BCUT2D eigenvalue weighted by molar-refractivity contribution is 0.199. The highest BCUT2D eigenvalue weighted by Crippen LogP contribution is 2.22. The van der Waals surface area contributed by atoms with Crippen molar-refractivity contribution in [1.82, 2.24) is 0 Å². The summed E-state index contributed by atoms with van der Waals surface area (Å²) in [7, 11) is 1.89. The average Bonchev–Trinajstić information content (AvgIpc) is 2.25. The lowest BCUT2D eigenvalue weighted by Crippen LogP contribution is -2.19. The molecule has 0 amide bonds. The number of aliphatic hydroxyl groups excluding tert-OH is 1. The van der Waals surface area contributed by atoms with Crippen molar-refractivity contribution in [3.8, 4) is 0 Å². The number of hydrogen-bond acceptors (Lipinski definition) is 2. The van der Waals surface area contributed by atoms with Gasteiger partial charge in [0.1, 0.15) is 5.82 Å². The summed E-state index contributed by atoms with van der Waals surface area (Å²) in [6.07, 6.45) is 1.52. The summed E-state index contributed by atoms with van der Waals surface area (Å²) in [5.74, 6) is -0.267. The lowest BCUT2D eigenvalue weighted by atomic mass is 10.1. The Morgan fingerprint density at radius 1 is 1.44 bits per heavy atom. The normalized spacial score (nSPS) is 12.6. The number of aliphatic hydroxyl groups is 1. The third kappa shape index (κ3) is 3.20. The molecule has 1 aromatic rings. The maximum absolute atomic E-state index is 13.7. The van der Waals surface area contributed by atoms with Gasteiger partial charge in [-0.15, -0.1) is 0 Å². The number of anilines is 1. The van der Waals surface area contributed by atoms with E-state index < -0.39 is 6.10 Å². The van der Waals surface area contributed by atoms with Gasteiger partial charge in [-0.25, -0.2) is 4.39 Å². The van der Waals surface area contributed by atoms with E-state index in [2.05, 4.69) is 6.92 Å². The first-order valence-electron chi connectivity index (χ1n) is 5.75. The van der Waals surface area contributed by atoms with Crippen molar-refractivity contribution in [2.24, 2.45) is 0 Å². The minimum atomic E-state index is -0.621. The Morgan fingerprint density at radius 2 is 2.12 bits per heavy atom. The molecule has 0 radical (unpaired) electrons. The molecular weight excluding hydrogens is 205 g/mol. The van der Waals surface area contributed by atoms with Crippen LogP contribution in [0.5, 0.6) is 0 Å². The molecule has 16 heavy (non-hydrogen) atoms. The topological polar surface area (TPSA) is 23.5 Å². The Labute approximate surface area is 96.7 Å². The van der Waals surface area contributed by atoms with E-state index in [4.69, 9.17) is 0 Å². The van der Waals surface area contributed by atoms with Crippen LogP contribution in [0.3, 0.4) is 0 Å². The van der Waals surface area contributed by atoms with E-state index in [1.165, 1.54) is 6.07 Å². The van der Waals surface area contributed by atoms with Gasteiger partial charge >= 0.3 is 0 Å². The number of benzene rings is 1. The van der Waals surface area contributed by atoms with Crippen LogP contribution >= 0.6 is 0 Å². The number of rotatable bonds is 5. The van der Waals surface area contributed by atoms with E-state index in [1.807, 2.05) is 11.9 Å². The molecule has 0 aromatic heterocycles. The predicted molar refractivity (Wildman–Crippen MR) is 65.2 cm³/mol. The number of hydrogen-bond donors (Lipinski definition) is 1. The van der Waals surface area contributed by atoms with Crippen LogP contribution in [0.2, 0.25) is 0 Å². The summed E-state index contributed by atoms with van der Waals surface area (Å²) in [6, 6.07) is 4.90. The third-order valence-electron chi connectivity index (χ3n) is 2.71. The molecule has 0 saturated carbocycles. The van der Waals surface area contributed by atoms with Crippen molar-refractivity contribution in [2.45, 2.75) is 32.8 Å². The maximum atomic E-state index is 13.7. The predicted octanol–water partition coefficient (Wildman–Crippen LogP) is 3.12. The molecule has 0 spiro atoms. The zero-order valence-electron chi connectivity index (χ0n) is 10.2. The Morgan fingerprint density at radius 3 is 2.62 bits per heavy atom. The molecule has 2 nitrogen and oxygen atoms in total. The molecule has 1 N–H and O–H groups in total. The highest BCUT2D eigenvalue weighted by Gasteiger charge is 2.09. The van der Waals surface area contributed by atoms with Crippen LogP contribution in [-0.2, 0) is 0 Å². The van der Waals surface area contributed by atoms with Gasteiger partial charge in [-0.2, -0.15) is 0 Å². The third-order valence-corrected chi connectivity index (χ3v) is 2.71. The minimum Gasteiger partial charge on any atom is -0.389 e. The quantitative estimate of drug-likeness (QED) is 0.832. The molecular formula is C13H20FNO. The van der Waals surface area contributed by atoms with Gasteiger partial charge in [-0.3, -0.25) is 0 Å². The van der Waals surface area contributed by atoms with Gasteiger partial charge in [0.05, 0.1) is 11.8 Å². The second-order valence-electron chi connectivity index (χ2n) is 4.16. The van der Waals surface area contributed by atoms with E-state index >= 15 is 0 Å². The van der Waals surface area contributed by atoms with Crippen LogP contribution in [0.4, 0.5) is 10.1 Å². The summed E-state index contributed by atoms with van der Waals surface area (Å²) in [5.41, 5.74) is 1.21. The van der Waals surface area contributed by atoms with Crippen LogP contribution < -0.4 is 4.90 Å². The molecule has 3 heteroatoms. The van der Waals surface area contributed by atoms with Crippen molar-refractivity contribution in [3.63, 3.8) is 0 Å². The van der Waals surface area contributed by atoms with E-state index in [0.717, 1.165) is 19.4 Å².